The number of hydrogen-bond acceptors (Lipinski definition) is 3. The van der Waals surface area contributed by atoms with Crippen LogP contribution in [0, 0.1) is 0 Å². The summed E-state index contributed by atoms with van der Waals surface area (Å²) in [7, 11) is 0. The minimum atomic E-state index is -2.72. The summed E-state index contributed by atoms with van der Waals surface area (Å²) in [5.74, 6) is -3.15. The van der Waals surface area contributed by atoms with Crippen molar-refractivity contribution in [1.82, 2.24) is 10.3 Å². The van der Waals surface area contributed by atoms with Gasteiger partial charge in [0, 0.05) is 25.6 Å². The average Bonchev–Trinajstić information content (AvgIpc) is 2.64. The lowest BCUT2D eigenvalue weighted by Gasteiger charge is -2.35. The van der Waals surface area contributed by atoms with Gasteiger partial charge < -0.3 is 10.4 Å². The Morgan fingerprint density at radius 2 is 1.76 bits per heavy atom. The quantitative estimate of drug-likeness (QED) is 0.892. The number of pyridine rings is 1. The van der Waals surface area contributed by atoms with Crippen molar-refractivity contribution in [2.45, 2.75) is 37.2 Å². The largest absolute Gasteiger partial charge is 0.388 e. The number of carbonyl (C=O) groups is 1. The lowest BCUT2D eigenvalue weighted by Crippen LogP contribution is -2.47. The van der Waals surface area contributed by atoms with Crippen molar-refractivity contribution in [3.05, 3.63) is 54.4 Å². The van der Waals surface area contributed by atoms with Crippen molar-refractivity contribution >= 4 is 5.91 Å². The highest BCUT2D eigenvalue weighted by molar-refractivity contribution is 5.93. The molecule has 4 nitrogen and oxygen atoms in total. The second-order valence-electron chi connectivity index (χ2n) is 6.56. The van der Waals surface area contributed by atoms with Gasteiger partial charge in [-0.15, -0.1) is 0 Å². The summed E-state index contributed by atoms with van der Waals surface area (Å²) >= 11 is 0. The van der Waals surface area contributed by atoms with Crippen molar-refractivity contribution in [2.24, 2.45) is 0 Å². The third-order valence-electron chi connectivity index (χ3n) is 4.59. The van der Waals surface area contributed by atoms with E-state index in [-0.39, 0.29) is 37.9 Å². The number of alkyl halides is 2. The second-order valence-corrected chi connectivity index (χ2v) is 6.56. The summed E-state index contributed by atoms with van der Waals surface area (Å²) in [5, 5.41) is 13.0. The van der Waals surface area contributed by atoms with Crippen LogP contribution in [0.5, 0.6) is 0 Å². The summed E-state index contributed by atoms with van der Waals surface area (Å²) in [6, 6.07) is 13.1. The lowest BCUT2D eigenvalue weighted by molar-refractivity contribution is -0.101. The molecule has 1 heterocycles. The van der Waals surface area contributed by atoms with Crippen LogP contribution in [0.4, 0.5) is 8.78 Å². The zero-order valence-electron chi connectivity index (χ0n) is 13.7. The number of benzene rings is 1. The van der Waals surface area contributed by atoms with Crippen LogP contribution in [0.2, 0.25) is 0 Å². The predicted octanol–water partition coefficient (Wildman–Crippen LogP) is 3.42. The zero-order valence-corrected chi connectivity index (χ0v) is 13.7. The van der Waals surface area contributed by atoms with Crippen LogP contribution in [0.1, 0.15) is 36.2 Å². The topological polar surface area (TPSA) is 62.2 Å². The molecule has 0 aliphatic heterocycles. The Morgan fingerprint density at radius 1 is 1.08 bits per heavy atom. The number of rotatable bonds is 4. The summed E-state index contributed by atoms with van der Waals surface area (Å²) in [6.07, 6.45) is 0.769. The van der Waals surface area contributed by atoms with Crippen LogP contribution in [-0.4, -0.2) is 34.1 Å². The number of aliphatic hydroxyl groups is 1. The molecule has 25 heavy (non-hydrogen) atoms. The highest BCUT2D eigenvalue weighted by atomic mass is 19.3. The molecular formula is C19H20F2N2O2. The number of aromatic nitrogens is 1. The zero-order chi connectivity index (χ0) is 17.9. The van der Waals surface area contributed by atoms with E-state index in [1.54, 1.807) is 12.3 Å². The Hall–Kier alpha value is -2.34. The summed E-state index contributed by atoms with van der Waals surface area (Å²) in [6.45, 7) is -0.0564. The van der Waals surface area contributed by atoms with E-state index in [1.807, 2.05) is 36.4 Å². The first-order valence-corrected chi connectivity index (χ1v) is 8.27. The molecule has 1 aliphatic rings. The number of nitrogens with one attached hydrogen (secondary N) is 1. The van der Waals surface area contributed by atoms with Crippen molar-refractivity contribution < 1.29 is 18.7 Å². The third-order valence-corrected chi connectivity index (χ3v) is 4.59. The minimum Gasteiger partial charge on any atom is -0.388 e. The molecule has 1 aromatic carbocycles. The Balaban J connectivity index is 1.64. The first kappa shape index (κ1) is 17.5. The van der Waals surface area contributed by atoms with E-state index in [0.717, 1.165) is 11.1 Å². The van der Waals surface area contributed by atoms with Gasteiger partial charge in [0.2, 0.25) is 5.92 Å². The summed E-state index contributed by atoms with van der Waals surface area (Å²) < 4.78 is 26.4. The fraction of sp³-hybridized carbons (Fsp3) is 0.368. The van der Waals surface area contributed by atoms with Crippen LogP contribution in [-0.2, 0) is 0 Å². The molecule has 0 spiro atoms. The van der Waals surface area contributed by atoms with Gasteiger partial charge in [0.1, 0.15) is 5.69 Å². The van der Waals surface area contributed by atoms with Crippen LogP contribution in [0.3, 0.4) is 0 Å². The van der Waals surface area contributed by atoms with E-state index < -0.39 is 17.4 Å². The Bertz CT molecular complexity index is 740. The predicted molar refractivity (Wildman–Crippen MR) is 90.4 cm³/mol. The van der Waals surface area contributed by atoms with Gasteiger partial charge in [0.25, 0.3) is 5.91 Å². The van der Waals surface area contributed by atoms with Gasteiger partial charge in [-0.3, -0.25) is 9.78 Å². The monoisotopic (exact) mass is 346 g/mol. The minimum absolute atomic E-state index is 0.0300. The van der Waals surface area contributed by atoms with Gasteiger partial charge in [0.15, 0.2) is 0 Å². The molecule has 3 rings (SSSR count). The Kier molecular flexibility index (Phi) is 4.81. The van der Waals surface area contributed by atoms with Gasteiger partial charge in [-0.2, -0.15) is 0 Å². The van der Waals surface area contributed by atoms with Crippen LogP contribution in [0.15, 0.2) is 48.7 Å². The van der Waals surface area contributed by atoms with E-state index in [1.165, 1.54) is 0 Å². The van der Waals surface area contributed by atoms with Gasteiger partial charge in [-0.25, -0.2) is 8.78 Å². The first-order chi connectivity index (χ1) is 11.9. The fourth-order valence-corrected chi connectivity index (χ4v) is 2.96. The molecule has 0 atom stereocenters. The molecule has 1 aliphatic carbocycles. The van der Waals surface area contributed by atoms with Crippen molar-refractivity contribution in [3.8, 4) is 11.1 Å². The van der Waals surface area contributed by atoms with E-state index in [9.17, 15) is 18.7 Å². The number of hydrogen-bond donors (Lipinski definition) is 2. The van der Waals surface area contributed by atoms with Gasteiger partial charge in [0.05, 0.1) is 5.60 Å². The third kappa shape index (κ3) is 4.39. The van der Waals surface area contributed by atoms with Gasteiger partial charge in [-0.1, -0.05) is 30.3 Å². The molecule has 0 saturated heterocycles. The highest BCUT2D eigenvalue weighted by Crippen LogP contribution is 2.38. The molecule has 1 fully saturated rings. The van der Waals surface area contributed by atoms with Crippen LogP contribution in [0.25, 0.3) is 11.1 Å². The molecule has 1 saturated carbocycles. The van der Waals surface area contributed by atoms with Crippen molar-refractivity contribution in [2.75, 3.05) is 6.54 Å². The molecule has 1 aromatic heterocycles. The number of amides is 1. The van der Waals surface area contributed by atoms with Gasteiger partial charge >= 0.3 is 0 Å². The molecule has 6 heteroatoms. The maximum Gasteiger partial charge on any atom is 0.269 e. The number of carbonyl (C=O) groups excluding carboxylic acids is 1. The summed E-state index contributed by atoms with van der Waals surface area (Å²) in [5.41, 5.74) is 0.768. The maximum atomic E-state index is 13.2. The molecular weight excluding hydrogens is 326 g/mol. The smallest absolute Gasteiger partial charge is 0.269 e. The normalized spacial score (nSPS) is 18.5. The SMILES string of the molecule is O=C(NCC1(O)CCC(F)(F)CC1)c1cc(-c2ccccc2)ccn1. The van der Waals surface area contributed by atoms with Gasteiger partial charge in [-0.05, 0) is 36.1 Å². The Labute approximate surface area is 144 Å². The summed E-state index contributed by atoms with van der Waals surface area (Å²) in [4.78, 5) is 16.4. The average molecular weight is 346 g/mol. The molecule has 0 unspecified atom stereocenters. The van der Waals surface area contributed by atoms with E-state index >= 15 is 0 Å². The van der Waals surface area contributed by atoms with Crippen LogP contribution >= 0.6 is 0 Å². The fourth-order valence-electron chi connectivity index (χ4n) is 2.96. The van der Waals surface area contributed by atoms with E-state index in [2.05, 4.69) is 10.3 Å². The van der Waals surface area contributed by atoms with E-state index in [4.69, 9.17) is 0 Å². The highest BCUT2D eigenvalue weighted by Gasteiger charge is 2.42. The lowest BCUT2D eigenvalue weighted by atomic mass is 9.83. The first-order valence-electron chi connectivity index (χ1n) is 8.27. The standard InChI is InChI=1S/C19H20F2N2O2/c20-19(21)9-7-18(25,8-10-19)13-23-17(24)16-12-15(6-11-22-16)14-4-2-1-3-5-14/h1-6,11-12,25H,7-10,13H2,(H,23,24). The molecule has 0 bridgehead atoms. The molecule has 132 valence electrons. The second kappa shape index (κ2) is 6.88. The number of halogens is 2. The van der Waals surface area contributed by atoms with Crippen LogP contribution < -0.4 is 5.32 Å². The number of nitrogens with zero attached hydrogens (tertiary/aromatic N) is 1. The molecule has 0 radical (unpaired) electrons. The van der Waals surface area contributed by atoms with Crippen molar-refractivity contribution in [1.29, 1.82) is 0 Å². The molecule has 2 aromatic rings. The molecule has 2 N–H and O–H groups in total. The maximum absolute atomic E-state index is 13.2. The van der Waals surface area contributed by atoms with E-state index in [0.29, 0.717) is 0 Å². The molecule has 1 amide bonds. The van der Waals surface area contributed by atoms with Crippen molar-refractivity contribution in [3.63, 3.8) is 0 Å². The Morgan fingerprint density at radius 3 is 2.44 bits per heavy atom.